The number of nitrogens with zero attached hydrogens (tertiary/aromatic N) is 3. The van der Waals surface area contributed by atoms with Gasteiger partial charge in [-0.3, -0.25) is 0 Å². The molecule has 1 aliphatic heterocycles. The third-order valence-corrected chi connectivity index (χ3v) is 3.49. The van der Waals surface area contributed by atoms with E-state index in [0.717, 1.165) is 12.4 Å². The summed E-state index contributed by atoms with van der Waals surface area (Å²) >= 11 is 0. The van der Waals surface area contributed by atoms with Crippen molar-refractivity contribution in [1.82, 2.24) is 14.5 Å². The summed E-state index contributed by atoms with van der Waals surface area (Å²) in [6.07, 6.45) is 2.75. The number of hydrogen-bond donors (Lipinski definition) is 0. The SMILES string of the molecule is Cc1nc(C)n(CCN2CCCC2)c1C. The van der Waals surface area contributed by atoms with Crippen molar-refractivity contribution in [2.45, 2.75) is 40.2 Å². The van der Waals surface area contributed by atoms with Gasteiger partial charge in [0.05, 0.1) is 5.69 Å². The summed E-state index contributed by atoms with van der Waals surface area (Å²) in [6.45, 7) is 11.2. The Morgan fingerprint density at radius 2 is 1.73 bits per heavy atom. The van der Waals surface area contributed by atoms with Gasteiger partial charge in [-0.25, -0.2) is 4.98 Å². The summed E-state index contributed by atoms with van der Waals surface area (Å²) in [5, 5.41) is 0. The molecule has 1 aliphatic rings. The first kappa shape index (κ1) is 10.7. The summed E-state index contributed by atoms with van der Waals surface area (Å²) in [6, 6.07) is 0. The molecule has 1 saturated heterocycles. The third-order valence-electron chi connectivity index (χ3n) is 3.49. The van der Waals surface area contributed by atoms with Crippen LogP contribution in [0.25, 0.3) is 0 Å². The summed E-state index contributed by atoms with van der Waals surface area (Å²) in [5.74, 6) is 1.16. The molecule has 1 aromatic rings. The number of imidazole rings is 1. The lowest BCUT2D eigenvalue weighted by Crippen LogP contribution is -2.24. The van der Waals surface area contributed by atoms with Gasteiger partial charge in [0.15, 0.2) is 0 Å². The van der Waals surface area contributed by atoms with Crippen molar-refractivity contribution >= 4 is 0 Å². The molecule has 2 heterocycles. The van der Waals surface area contributed by atoms with Crippen LogP contribution in [0.4, 0.5) is 0 Å². The molecule has 2 rings (SSSR count). The summed E-state index contributed by atoms with van der Waals surface area (Å²) in [4.78, 5) is 7.05. The van der Waals surface area contributed by atoms with Crippen molar-refractivity contribution in [2.75, 3.05) is 19.6 Å². The lowest BCUT2D eigenvalue weighted by atomic mass is 10.4. The summed E-state index contributed by atoms with van der Waals surface area (Å²) in [7, 11) is 0. The van der Waals surface area contributed by atoms with E-state index in [4.69, 9.17) is 0 Å². The van der Waals surface area contributed by atoms with Gasteiger partial charge < -0.3 is 9.47 Å². The molecule has 84 valence electrons. The standard InChI is InChI=1S/C12H21N3/c1-10-11(2)15(12(3)13-10)9-8-14-6-4-5-7-14/h4-9H2,1-3H3. The van der Waals surface area contributed by atoms with E-state index in [0.29, 0.717) is 0 Å². The molecule has 1 fully saturated rings. The zero-order valence-electron chi connectivity index (χ0n) is 10.1. The molecule has 0 radical (unpaired) electrons. The Morgan fingerprint density at radius 3 is 2.27 bits per heavy atom. The average Bonchev–Trinajstić information content (AvgIpc) is 2.76. The van der Waals surface area contributed by atoms with Gasteiger partial charge in [0.2, 0.25) is 0 Å². The van der Waals surface area contributed by atoms with E-state index in [-0.39, 0.29) is 0 Å². The normalized spacial score (nSPS) is 17.5. The average molecular weight is 207 g/mol. The molecule has 0 saturated carbocycles. The molecule has 0 amide bonds. The fourth-order valence-corrected chi connectivity index (χ4v) is 2.40. The highest BCUT2D eigenvalue weighted by Crippen LogP contribution is 2.11. The van der Waals surface area contributed by atoms with Crippen molar-refractivity contribution in [3.05, 3.63) is 17.2 Å². The number of aryl methyl sites for hydroxylation is 2. The van der Waals surface area contributed by atoms with Gasteiger partial charge in [0.25, 0.3) is 0 Å². The Hall–Kier alpha value is -0.830. The second-order valence-corrected chi connectivity index (χ2v) is 4.53. The molecule has 0 spiro atoms. The molecule has 1 aromatic heterocycles. The molecule has 0 aliphatic carbocycles. The van der Waals surface area contributed by atoms with Crippen molar-refractivity contribution in [1.29, 1.82) is 0 Å². The molecule has 0 bridgehead atoms. The van der Waals surface area contributed by atoms with E-state index < -0.39 is 0 Å². The molecule has 0 atom stereocenters. The second kappa shape index (κ2) is 4.35. The number of likely N-dealkylation sites (tertiary alicyclic amines) is 1. The zero-order valence-corrected chi connectivity index (χ0v) is 10.1. The first-order valence-electron chi connectivity index (χ1n) is 5.91. The Kier molecular flexibility index (Phi) is 3.10. The van der Waals surface area contributed by atoms with Crippen LogP contribution in [-0.4, -0.2) is 34.1 Å². The number of rotatable bonds is 3. The Bertz CT molecular complexity index is 335. The minimum absolute atomic E-state index is 1.10. The number of aromatic nitrogens is 2. The Morgan fingerprint density at radius 1 is 1.07 bits per heavy atom. The van der Waals surface area contributed by atoms with Crippen molar-refractivity contribution in [2.24, 2.45) is 0 Å². The van der Waals surface area contributed by atoms with Crippen LogP contribution in [0.15, 0.2) is 0 Å². The first-order chi connectivity index (χ1) is 7.18. The van der Waals surface area contributed by atoms with E-state index >= 15 is 0 Å². The second-order valence-electron chi connectivity index (χ2n) is 4.53. The van der Waals surface area contributed by atoms with Gasteiger partial charge >= 0.3 is 0 Å². The fraction of sp³-hybridized carbons (Fsp3) is 0.750. The molecule has 0 aromatic carbocycles. The van der Waals surface area contributed by atoms with Crippen LogP contribution in [0, 0.1) is 20.8 Å². The van der Waals surface area contributed by atoms with Crippen LogP contribution in [0.5, 0.6) is 0 Å². The molecular formula is C12H21N3. The zero-order chi connectivity index (χ0) is 10.8. The van der Waals surface area contributed by atoms with E-state index in [2.05, 4.69) is 35.2 Å². The van der Waals surface area contributed by atoms with Gasteiger partial charge in [-0.2, -0.15) is 0 Å². The highest BCUT2D eigenvalue weighted by Gasteiger charge is 2.13. The first-order valence-corrected chi connectivity index (χ1v) is 5.91. The molecule has 15 heavy (non-hydrogen) atoms. The van der Waals surface area contributed by atoms with Crippen molar-refractivity contribution in [3.8, 4) is 0 Å². The fourth-order valence-electron chi connectivity index (χ4n) is 2.40. The summed E-state index contributed by atoms with van der Waals surface area (Å²) < 4.78 is 2.34. The van der Waals surface area contributed by atoms with Crippen LogP contribution >= 0.6 is 0 Å². The van der Waals surface area contributed by atoms with Gasteiger partial charge in [0.1, 0.15) is 5.82 Å². The molecular weight excluding hydrogens is 186 g/mol. The monoisotopic (exact) mass is 207 g/mol. The molecule has 0 N–H and O–H groups in total. The predicted octanol–water partition coefficient (Wildman–Crippen LogP) is 1.90. The van der Waals surface area contributed by atoms with Crippen LogP contribution in [0.3, 0.4) is 0 Å². The maximum Gasteiger partial charge on any atom is 0.106 e. The largest absolute Gasteiger partial charge is 0.331 e. The van der Waals surface area contributed by atoms with E-state index in [1.165, 1.54) is 43.9 Å². The topological polar surface area (TPSA) is 21.1 Å². The van der Waals surface area contributed by atoms with Crippen LogP contribution < -0.4 is 0 Å². The van der Waals surface area contributed by atoms with Crippen LogP contribution in [-0.2, 0) is 6.54 Å². The maximum atomic E-state index is 4.50. The lowest BCUT2D eigenvalue weighted by Gasteiger charge is -2.16. The summed E-state index contributed by atoms with van der Waals surface area (Å²) in [5.41, 5.74) is 2.50. The van der Waals surface area contributed by atoms with Crippen molar-refractivity contribution < 1.29 is 0 Å². The van der Waals surface area contributed by atoms with Gasteiger partial charge in [0, 0.05) is 18.8 Å². The highest BCUT2D eigenvalue weighted by molar-refractivity contribution is 5.13. The van der Waals surface area contributed by atoms with E-state index in [9.17, 15) is 0 Å². The smallest absolute Gasteiger partial charge is 0.106 e. The molecule has 3 heteroatoms. The third kappa shape index (κ3) is 2.23. The van der Waals surface area contributed by atoms with Crippen LogP contribution in [0.1, 0.15) is 30.1 Å². The van der Waals surface area contributed by atoms with Crippen molar-refractivity contribution in [3.63, 3.8) is 0 Å². The highest BCUT2D eigenvalue weighted by atomic mass is 15.2. The Labute approximate surface area is 92.1 Å². The van der Waals surface area contributed by atoms with E-state index in [1.54, 1.807) is 0 Å². The van der Waals surface area contributed by atoms with E-state index in [1.807, 2.05) is 0 Å². The van der Waals surface area contributed by atoms with Crippen LogP contribution in [0.2, 0.25) is 0 Å². The van der Waals surface area contributed by atoms with Gasteiger partial charge in [-0.05, 0) is 46.7 Å². The van der Waals surface area contributed by atoms with Gasteiger partial charge in [-0.15, -0.1) is 0 Å². The molecule has 0 unspecified atom stereocenters. The molecule has 3 nitrogen and oxygen atoms in total. The predicted molar refractivity (Wildman–Crippen MR) is 62.1 cm³/mol. The quantitative estimate of drug-likeness (QED) is 0.755. The maximum absolute atomic E-state index is 4.50. The lowest BCUT2D eigenvalue weighted by molar-refractivity contribution is 0.320. The minimum atomic E-state index is 1.10. The minimum Gasteiger partial charge on any atom is -0.331 e. The Balaban J connectivity index is 1.97. The van der Waals surface area contributed by atoms with Gasteiger partial charge in [-0.1, -0.05) is 0 Å². The number of hydrogen-bond acceptors (Lipinski definition) is 2.